The van der Waals surface area contributed by atoms with E-state index in [1.807, 2.05) is 0 Å². The van der Waals surface area contributed by atoms with E-state index in [9.17, 15) is 19.5 Å². The van der Waals surface area contributed by atoms with Crippen LogP contribution in [0.4, 0.5) is 5.13 Å². The number of β-lactam (4-membered cyclic amide) rings is 1. The average Bonchev–Trinajstić information content (AvgIpc) is 3.49. The SMILES string of the molecule is N#CCO/N=C(\C(=O)NC1C(=O)N2C(C(=O)O)=C(CSc3nncs3)OCC12)c1csc(N)n1. The zero-order valence-corrected chi connectivity index (χ0v) is 19.4. The number of nitrogens with two attached hydrogens (primary N) is 1. The highest BCUT2D eigenvalue weighted by atomic mass is 32.2. The molecule has 0 spiro atoms. The molecule has 176 valence electrons. The van der Waals surface area contributed by atoms with Gasteiger partial charge in [-0.15, -0.1) is 21.5 Å². The Morgan fingerprint density at radius 3 is 2.97 bits per heavy atom. The lowest BCUT2D eigenvalue weighted by Crippen LogP contribution is -2.73. The summed E-state index contributed by atoms with van der Waals surface area (Å²) in [6.45, 7) is -0.436. The van der Waals surface area contributed by atoms with Gasteiger partial charge in [0.2, 0.25) is 6.61 Å². The van der Waals surface area contributed by atoms with E-state index in [2.05, 4.69) is 25.7 Å². The molecule has 2 aliphatic rings. The molecule has 2 aromatic heterocycles. The lowest BCUT2D eigenvalue weighted by atomic mass is 9.92. The number of carbonyl (C=O) groups is 3. The van der Waals surface area contributed by atoms with Crippen LogP contribution in [-0.4, -0.2) is 79.7 Å². The molecule has 34 heavy (non-hydrogen) atoms. The van der Waals surface area contributed by atoms with Crippen LogP contribution in [0.1, 0.15) is 5.69 Å². The number of nitrogen functional groups attached to an aromatic ring is 1. The number of nitrogens with zero attached hydrogens (tertiary/aromatic N) is 6. The van der Waals surface area contributed by atoms with Crippen LogP contribution in [-0.2, 0) is 24.0 Å². The van der Waals surface area contributed by atoms with Gasteiger partial charge in [-0.05, 0) is 0 Å². The number of carboxylic acid groups (broad SMARTS) is 1. The van der Waals surface area contributed by atoms with Gasteiger partial charge < -0.3 is 25.7 Å². The molecule has 14 nitrogen and oxygen atoms in total. The minimum absolute atomic E-state index is 0.0272. The normalized spacial score (nSPS) is 19.6. The zero-order chi connectivity index (χ0) is 24.2. The van der Waals surface area contributed by atoms with Crippen molar-refractivity contribution in [1.82, 2.24) is 25.4 Å². The Bertz CT molecular complexity index is 1220. The standard InChI is InChI=1S/C17H14N8O6S3/c18-1-2-31-24-10(7-4-32-16(19)21-7)13(26)22-11-8-3-30-9(5-33-17-23-20-6-34-17)12(15(28)29)25(8)14(11)27/h4,6,8,11H,2-3,5H2,(H2,19,21)(H,22,26)(H,28,29)/b24-10-. The van der Waals surface area contributed by atoms with Crippen molar-refractivity contribution in [2.75, 3.05) is 24.7 Å². The Balaban J connectivity index is 1.49. The highest BCUT2D eigenvalue weighted by molar-refractivity contribution is 8.01. The summed E-state index contributed by atoms with van der Waals surface area (Å²) in [5.74, 6) is -2.50. The summed E-state index contributed by atoms with van der Waals surface area (Å²) in [6.07, 6.45) is 0. The average molecular weight is 523 g/mol. The van der Waals surface area contributed by atoms with E-state index in [0.717, 1.165) is 16.2 Å². The van der Waals surface area contributed by atoms with Crippen molar-refractivity contribution in [3.8, 4) is 6.07 Å². The molecule has 1 fully saturated rings. The Hall–Kier alpha value is -3.75. The number of rotatable bonds is 9. The van der Waals surface area contributed by atoms with Crippen molar-refractivity contribution in [3.63, 3.8) is 0 Å². The van der Waals surface area contributed by atoms with Crippen LogP contribution >= 0.6 is 34.4 Å². The first-order valence-corrected chi connectivity index (χ1v) is 12.1. The molecular weight excluding hydrogens is 508 g/mol. The summed E-state index contributed by atoms with van der Waals surface area (Å²) in [6, 6.07) is -0.0806. The van der Waals surface area contributed by atoms with Gasteiger partial charge in [0.15, 0.2) is 20.9 Å². The second-order valence-electron chi connectivity index (χ2n) is 6.55. The molecule has 2 amide bonds. The maximum absolute atomic E-state index is 12.8. The first-order valence-electron chi connectivity index (χ1n) is 9.31. The van der Waals surface area contributed by atoms with Gasteiger partial charge in [0.05, 0.1) is 5.75 Å². The Morgan fingerprint density at radius 1 is 1.50 bits per heavy atom. The second-order valence-corrected chi connectivity index (χ2v) is 9.50. The van der Waals surface area contributed by atoms with Gasteiger partial charge >= 0.3 is 5.97 Å². The maximum Gasteiger partial charge on any atom is 0.356 e. The summed E-state index contributed by atoms with van der Waals surface area (Å²) in [5, 5.41) is 33.7. The molecule has 1 saturated heterocycles. The number of aromatic nitrogens is 3. The molecule has 2 unspecified atom stereocenters. The lowest BCUT2D eigenvalue weighted by Gasteiger charge is -2.49. The molecule has 17 heteroatoms. The quantitative estimate of drug-likeness (QED) is 0.127. The van der Waals surface area contributed by atoms with Crippen LogP contribution in [0.5, 0.6) is 0 Å². The first kappa shape index (κ1) is 23.4. The van der Waals surface area contributed by atoms with Crippen LogP contribution < -0.4 is 11.1 Å². The number of nitrogens with one attached hydrogen (secondary N) is 1. The number of hydrogen-bond acceptors (Lipinski definition) is 14. The molecule has 0 aromatic carbocycles. The summed E-state index contributed by atoms with van der Waals surface area (Å²) < 4.78 is 6.26. The van der Waals surface area contributed by atoms with E-state index in [0.29, 0.717) is 4.34 Å². The van der Waals surface area contributed by atoms with Crippen LogP contribution in [0, 0.1) is 11.3 Å². The topological polar surface area (TPSA) is 206 Å². The highest BCUT2D eigenvalue weighted by Gasteiger charge is 2.55. The fourth-order valence-electron chi connectivity index (χ4n) is 3.16. The molecule has 0 aliphatic carbocycles. The van der Waals surface area contributed by atoms with Gasteiger partial charge in [0.1, 0.15) is 41.7 Å². The fourth-order valence-corrected chi connectivity index (χ4v) is 5.14. The Labute approximate surface area is 203 Å². The van der Waals surface area contributed by atoms with Crippen molar-refractivity contribution < 1.29 is 29.1 Å². The van der Waals surface area contributed by atoms with Crippen molar-refractivity contribution >= 4 is 63.1 Å². The third kappa shape index (κ3) is 4.64. The summed E-state index contributed by atoms with van der Waals surface area (Å²) >= 11 is 3.58. The number of amides is 2. The molecule has 0 bridgehead atoms. The molecular formula is C17H14N8O6S3. The third-order valence-electron chi connectivity index (χ3n) is 4.57. The largest absolute Gasteiger partial charge is 0.492 e. The number of oxime groups is 1. The first-order chi connectivity index (χ1) is 16.4. The van der Waals surface area contributed by atoms with E-state index in [-0.39, 0.29) is 40.4 Å². The monoisotopic (exact) mass is 522 g/mol. The van der Waals surface area contributed by atoms with Crippen molar-refractivity contribution in [1.29, 1.82) is 5.26 Å². The number of ether oxygens (including phenoxy) is 1. The summed E-state index contributed by atoms with van der Waals surface area (Å²) in [5.41, 5.74) is 6.68. The smallest absolute Gasteiger partial charge is 0.356 e. The van der Waals surface area contributed by atoms with E-state index >= 15 is 0 Å². The van der Waals surface area contributed by atoms with Gasteiger partial charge in [-0.3, -0.25) is 14.5 Å². The van der Waals surface area contributed by atoms with Crippen LogP contribution in [0.3, 0.4) is 0 Å². The van der Waals surface area contributed by atoms with Gasteiger partial charge in [-0.25, -0.2) is 9.78 Å². The number of carbonyl (C=O) groups excluding carboxylic acids is 2. The van der Waals surface area contributed by atoms with Gasteiger partial charge in [-0.1, -0.05) is 28.3 Å². The number of anilines is 1. The van der Waals surface area contributed by atoms with Crippen LogP contribution in [0.15, 0.2) is 31.8 Å². The van der Waals surface area contributed by atoms with E-state index in [1.54, 1.807) is 11.6 Å². The van der Waals surface area contributed by atoms with E-state index in [1.165, 1.54) is 28.5 Å². The van der Waals surface area contributed by atoms with E-state index < -0.39 is 36.5 Å². The lowest BCUT2D eigenvalue weighted by molar-refractivity contribution is -0.160. The summed E-state index contributed by atoms with van der Waals surface area (Å²) in [7, 11) is 0. The molecule has 4 heterocycles. The zero-order valence-electron chi connectivity index (χ0n) is 16.9. The van der Waals surface area contributed by atoms with Gasteiger partial charge in [-0.2, -0.15) is 5.26 Å². The Kier molecular flexibility index (Phi) is 6.90. The number of nitriles is 1. The molecule has 0 radical (unpaired) electrons. The molecule has 4 N–H and O–H groups in total. The predicted octanol–water partition coefficient (Wildman–Crippen LogP) is -0.365. The van der Waals surface area contributed by atoms with E-state index in [4.69, 9.17) is 20.6 Å². The number of aliphatic carboxylic acids is 1. The number of fused-ring (bicyclic) bond motifs is 1. The number of thioether (sulfide) groups is 1. The number of carboxylic acids is 1. The fraction of sp³-hybridized carbons (Fsp3) is 0.294. The second kappa shape index (κ2) is 10.0. The van der Waals surface area contributed by atoms with Crippen LogP contribution in [0.25, 0.3) is 0 Å². The molecule has 0 saturated carbocycles. The van der Waals surface area contributed by atoms with Gasteiger partial charge in [0.25, 0.3) is 11.8 Å². The predicted molar refractivity (Wildman–Crippen MR) is 118 cm³/mol. The minimum atomic E-state index is -1.33. The van der Waals surface area contributed by atoms with Crippen molar-refractivity contribution in [2.24, 2.45) is 5.16 Å². The Morgan fingerprint density at radius 2 is 2.32 bits per heavy atom. The molecule has 2 atom stereocenters. The van der Waals surface area contributed by atoms with Crippen LogP contribution in [0.2, 0.25) is 0 Å². The molecule has 2 aromatic rings. The summed E-state index contributed by atoms with van der Waals surface area (Å²) in [4.78, 5) is 47.4. The maximum atomic E-state index is 12.8. The molecule has 2 aliphatic heterocycles. The molecule has 4 rings (SSSR count). The minimum Gasteiger partial charge on any atom is -0.492 e. The van der Waals surface area contributed by atoms with Crippen molar-refractivity contribution in [3.05, 3.63) is 28.0 Å². The highest BCUT2D eigenvalue weighted by Crippen LogP contribution is 2.35. The number of hydrogen-bond donors (Lipinski definition) is 3. The third-order valence-corrected chi connectivity index (χ3v) is 7.11. The number of thiazole rings is 1. The van der Waals surface area contributed by atoms with Crippen molar-refractivity contribution in [2.45, 2.75) is 16.4 Å². The van der Waals surface area contributed by atoms with Gasteiger partial charge in [0, 0.05) is 5.38 Å².